The summed E-state index contributed by atoms with van der Waals surface area (Å²) in [6, 6.07) is 7.09. The zero-order valence-corrected chi connectivity index (χ0v) is 14.6. The predicted molar refractivity (Wildman–Crippen MR) is 93.0 cm³/mol. The first kappa shape index (κ1) is 18.0. The van der Waals surface area contributed by atoms with Crippen LogP contribution in [0.15, 0.2) is 30.5 Å². The third-order valence-electron chi connectivity index (χ3n) is 3.68. The molecule has 1 aromatic heterocycles. The second-order valence-corrected chi connectivity index (χ2v) is 7.00. The van der Waals surface area contributed by atoms with Crippen molar-refractivity contribution in [3.63, 3.8) is 0 Å². The van der Waals surface area contributed by atoms with Crippen molar-refractivity contribution in [2.24, 2.45) is 5.41 Å². The molecule has 0 aliphatic heterocycles. The Balaban J connectivity index is 2.17. The van der Waals surface area contributed by atoms with Crippen LogP contribution in [0.2, 0.25) is 0 Å². The normalized spacial score (nSPS) is 12.7. The van der Waals surface area contributed by atoms with E-state index in [1.54, 1.807) is 7.11 Å². The summed E-state index contributed by atoms with van der Waals surface area (Å²) in [4.78, 5) is 12.6. The van der Waals surface area contributed by atoms with Crippen LogP contribution in [0.25, 0.3) is 11.3 Å². The number of carbonyl (C=O) groups is 1. The number of aromatic amines is 1. The smallest absolute Gasteiger partial charge is 0.255 e. The fourth-order valence-corrected chi connectivity index (χ4v) is 2.60. The van der Waals surface area contributed by atoms with Gasteiger partial charge in [-0.2, -0.15) is 5.10 Å². The summed E-state index contributed by atoms with van der Waals surface area (Å²) in [5.74, 6) is 0.493. The Hall–Kier alpha value is -2.34. The number of nitrogens with zero attached hydrogens (tertiary/aromatic N) is 1. The summed E-state index contributed by atoms with van der Waals surface area (Å²) in [7, 11) is 1.61. The van der Waals surface area contributed by atoms with Gasteiger partial charge in [0, 0.05) is 5.56 Å². The van der Waals surface area contributed by atoms with E-state index in [0.717, 1.165) is 11.3 Å². The molecule has 1 atom stereocenters. The van der Waals surface area contributed by atoms with E-state index in [4.69, 9.17) is 4.74 Å². The van der Waals surface area contributed by atoms with Crippen LogP contribution in [0.3, 0.4) is 0 Å². The third-order valence-corrected chi connectivity index (χ3v) is 3.68. The Bertz CT molecular complexity index is 672. The van der Waals surface area contributed by atoms with Gasteiger partial charge in [0.25, 0.3) is 5.91 Å². The van der Waals surface area contributed by atoms with Crippen LogP contribution >= 0.6 is 0 Å². The maximum atomic E-state index is 12.6. The highest BCUT2D eigenvalue weighted by molar-refractivity contribution is 5.99. The largest absolute Gasteiger partial charge is 0.497 e. The number of H-pyrrole nitrogens is 1. The van der Waals surface area contributed by atoms with Crippen molar-refractivity contribution >= 4 is 5.91 Å². The Kier molecular flexibility index (Phi) is 5.62. The number of hydrogen-bond donors (Lipinski definition) is 3. The van der Waals surface area contributed by atoms with Crippen molar-refractivity contribution in [1.29, 1.82) is 0 Å². The minimum atomic E-state index is -0.295. The number of hydrogen-bond acceptors (Lipinski definition) is 4. The van der Waals surface area contributed by atoms with E-state index < -0.39 is 0 Å². The fourth-order valence-electron chi connectivity index (χ4n) is 2.60. The Morgan fingerprint density at radius 2 is 2.00 bits per heavy atom. The minimum Gasteiger partial charge on any atom is -0.497 e. The van der Waals surface area contributed by atoms with E-state index in [2.05, 4.69) is 36.3 Å². The summed E-state index contributed by atoms with van der Waals surface area (Å²) in [5.41, 5.74) is 1.94. The molecule has 0 aliphatic rings. The quantitative estimate of drug-likeness (QED) is 0.759. The number of ether oxygens (including phenoxy) is 1. The maximum Gasteiger partial charge on any atom is 0.255 e. The molecule has 1 aromatic carbocycles. The zero-order chi connectivity index (χ0) is 17.7. The average molecular weight is 331 g/mol. The molecular formula is C18H25N3O3. The van der Waals surface area contributed by atoms with Crippen LogP contribution in [0.4, 0.5) is 0 Å². The van der Waals surface area contributed by atoms with Gasteiger partial charge in [0.15, 0.2) is 0 Å². The molecular weight excluding hydrogens is 306 g/mol. The van der Waals surface area contributed by atoms with Crippen molar-refractivity contribution in [3.05, 3.63) is 36.0 Å². The van der Waals surface area contributed by atoms with E-state index in [9.17, 15) is 9.90 Å². The first-order valence-electron chi connectivity index (χ1n) is 7.93. The molecule has 6 heteroatoms. The molecule has 1 unspecified atom stereocenters. The van der Waals surface area contributed by atoms with Gasteiger partial charge in [0.1, 0.15) is 5.75 Å². The molecule has 0 radical (unpaired) electrons. The lowest BCUT2D eigenvalue weighted by Gasteiger charge is -2.25. The van der Waals surface area contributed by atoms with Gasteiger partial charge in [-0.25, -0.2) is 0 Å². The number of rotatable bonds is 6. The van der Waals surface area contributed by atoms with Gasteiger partial charge in [-0.15, -0.1) is 0 Å². The van der Waals surface area contributed by atoms with E-state index in [-0.39, 0.29) is 24.0 Å². The highest BCUT2D eigenvalue weighted by Crippen LogP contribution is 2.24. The summed E-state index contributed by atoms with van der Waals surface area (Å²) in [6.45, 7) is 6.12. The zero-order valence-electron chi connectivity index (χ0n) is 14.6. The third kappa shape index (κ3) is 4.58. The minimum absolute atomic E-state index is 0.00981. The number of carbonyl (C=O) groups excluding carboxylic acids is 1. The molecule has 130 valence electrons. The SMILES string of the molecule is COc1ccc(-c2[nH]ncc2C(=O)NC(CO)CC(C)(C)C)cc1. The first-order valence-corrected chi connectivity index (χ1v) is 7.93. The predicted octanol–water partition coefficient (Wildman–Crippen LogP) is 2.61. The molecule has 1 amide bonds. The second kappa shape index (κ2) is 7.49. The lowest BCUT2D eigenvalue weighted by molar-refractivity contribution is 0.0898. The van der Waals surface area contributed by atoms with Gasteiger partial charge in [0.05, 0.1) is 37.2 Å². The highest BCUT2D eigenvalue weighted by atomic mass is 16.5. The molecule has 0 aliphatic carbocycles. The number of aromatic nitrogens is 2. The van der Waals surface area contributed by atoms with Crippen LogP contribution in [0, 0.1) is 5.41 Å². The standard InChI is InChI=1S/C18H25N3O3/c1-18(2,3)9-13(11-22)20-17(23)15-10-19-21-16(15)12-5-7-14(24-4)8-6-12/h5-8,10,13,22H,9,11H2,1-4H3,(H,19,21)(H,20,23). The van der Waals surface area contributed by atoms with Crippen LogP contribution < -0.4 is 10.1 Å². The molecule has 24 heavy (non-hydrogen) atoms. The number of aliphatic hydroxyl groups excluding tert-OH is 1. The first-order chi connectivity index (χ1) is 11.3. The van der Waals surface area contributed by atoms with Crippen molar-refractivity contribution in [3.8, 4) is 17.0 Å². The van der Waals surface area contributed by atoms with Gasteiger partial charge in [-0.3, -0.25) is 9.89 Å². The Morgan fingerprint density at radius 1 is 1.33 bits per heavy atom. The lowest BCUT2D eigenvalue weighted by atomic mass is 9.88. The van der Waals surface area contributed by atoms with E-state index in [1.165, 1.54) is 6.20 Å². The highest BCUT2D eigenvalue weighted by Gasteiger charge is 2.22. The van der Waals surface area contributed by atoms with Crippen molar-refractivity contribution in [2.75, 3.05) is 13.7 Å². The van der Waals surface area contributed by atoms with Crippen LogP contribution in [0.5, 0.6) is 5.75 Å². The van der Waals surface area contributed by atoms with Crippen molar-refractivity contribution < 1.29 is 14.6 Å². The van der Waals surface area contributed by atoms with E-state index in [1.807, 2.05) is 24.3 Å². The maximum absolute atomic E-state index is 12.6. The molecule has 0 spiro atoms. The van der Waals surface area contributed by atoms with Gasteiger partial charge in [-0.1, -0.05) is 20.8 Å². The van der Waals surface area contributed by atoms with Gasteiger partial charge in [-0.05, 0) is 36.1 Å². The summed E-state index contributed by atoms with van der Waals surface area (Å²) >= 11 is 0. The van der Waals surface area contributed by atoms with Gasteiger partial charge in [0.2, 0.25) is 0 Å². The van der Waals surface area contributed by atoms with E-state index in [0.29, 0.717) is 17.7 Å². The summed E-state index contributed by atoms with van der Waals surface area (Å²) in [5, 5.41) is 19.3. The molecule has 6 nitrogen and oxygen atoms in total. The lowest BCUT2D eigenvalue weighted by Crippen LogP contribution is -2.40. The molecule has 1 heterocycles. The van der Waals surface area contributed by atoms with Crippen molar-refractivity contribution in [1.82, 2.24) is 15.5 Å². The van der Waals surface area contributed by atoms with Gasteiger partial charge >= 0.3 is 0 Å². The summed E-state index contributed by atoms with van der Waals surface area (Å²) < 4.78 is 5.14. The van der Waals surface area contributed by atoms with Crippen molar-refractivity contribution in [2.45, 2.75) is 33.2 Å². The molecule has 0 saturated heterocycles. The molecule has 0 bridgehead atoms. The number of benzene rings is 1. The summed E-state index contributed by atoms with van der Waals surface area (Å²) in [6.07, 6.45) is 2.19. The van der Waals surface area contributed by atoms with Crippen LogP contribution in [-0.2, 0) is 0 Å². The average Bonchev–Trinajstić information content (AvgIpc) is 3.02. The number of amides is 1. The molecule has 2 rings (SSSR count). The van der Waals surface area contributed by atoms with Gasteiger partial charge < -0.3 is 15.2 Å². The second-order valence-electron chi connectivity index (χ2n) is 7.00. The fraction of sp³-hybridized carbons (Fsp3) is 0.444. The number of methoxy groups -OCH3 is 1. The Morgan fingerprint density at radius 3 is 2.54 bits per heavy atom. The van der Waals surface area contributed by atoms with E-state index >= 15 is 0 Å². The molecule has 0 saturated carbocycles. The number of aliphatic hydroxyl groups is 1. The van der Waals surface area contributed by atoms with Crippen LogP contribution in [0.1, 0.15) is 37.6 Å². The Labute approximate surface area is 142 Å². The molecule has 2 aromatic rings. The number of nitrogens with one attached hydrogen (secondary N) is 2. The topological polar surface area (TPSA) is 87.2 Å². The van der Waals surface area contributed by atoms with Crippen LogP contribution in [-0.4, -0.2) is 41.0 Å². The monoisotopic (exact) mass is 331 g/mol. The molecule has 3 N–H and O–H groups in total. The molecule has 0 fully saturated rings.